The largest absolute Gasteiger partial charge is 0.497 e. The smallest absolute Gasteiger partial charge is 0.258 e. The average molecular weight is 389 g/mol. The Labute approximate surface area is 169 Å². The third-order valence-electron chi connectivity index (χ3n) is 4.84. The number of aromatic nitrogens is 2. The molecule has 0 unspecified atom stereocenters. The Morgan fingerprint density at radius 2 is 1.72 bits per heavy atom. The minimum atomic E-state index is -0.244. The van der Waals surface area contributed by atoms with Crippen LogP contribution in [-0.4, -0.2) is 36.1 Å². The van der Waals surface area contributed by atoms with Gasteiger partial charge < -0.3 is 20.3 Å². The lowest BCUT2D eigenvalue weighted by Crippen LogP contribution is -2.17. The number of anilines is 4. The summed E-state index contributed by atoms with van der Waals surface area (Å²) in [6.45, 7) is 2.19. The molecule has 7 nitrogen and oxygen atoms in total. The molecule has 2 heterocycles. The second-order valence-electron chi connectivity index (χ2n) is 6.85. The van der Waals surface area contributed by atoms with Gasteiger partial charge in [0.05, 0.1) is 12.7 Å². The number of ether oxygens (including phenoxy) is 1. The zero-order valence-corrected chi connectivity index (χ0v) is 16.3. The Morgan fingerprint density at radius 1 is 1.00 bits per heavy atom. The number of carbonyl (C=O) groups excluding carboxylic acids is 1. The fraction of sp³-hybridized carbons (Fsp3) is 0.227. The Morgan fingerprint density at radius 3 is 2.41 bits per heavy atom. The maximum Gasteiger partial charge on any atom is 0.258 e. The molecule has 1 aliphatic rings. The van der Waals surface area contributed by atoms with Crippen molar-refractivity contribution in [2.45, 2.75) is 12.8 Å². The van der Waals surface area contributed by atoms with Gasteiger partial charge in [0, 0.05) is 48.6 Å². The van der Waals surface area contributed by atoms with E-state index in [2.05, 4.69) is 25.5 Å². The number of nitrogens with one attached hydrogen (secondary N) is 2. The van der Waals surface area contributed by atoms with Crippen molar-refractivity contribution in [3.05, 3.63) is 66.5 Å². The first-order valence-electron chi connectivity index (χ1n) is 9.61. The van der Waals surface area contributed by atoms with Crippen LogP contribution in [-0.2, 0) is 0 Å². The van der Waals surface area contributed by atoms with Gasteiger partial charge in [0.1, 0.15) is 5.75 Å². The molecule has 1 fully saturated rings. The van der Waals surface area contributed by atoms with E-state index in [9.17, 15) is 4.79 Å². The molecule has 148 valence electrons. The molecule has 2 aromatic carbocycles. The molecular weight excluding hydrogens is 366 g/mol. The highest BCUT2D eigenvalue weighted by molar-refractivity contribution is 6.04. The molecular formula is C22H23N5O2. The highest BCUT2D eigenvalue weighted by atomic mass is 16.5. The molecule has 0 saturated carbocycles. The van der Waals surface area contributed by atoms with E-state index in [1.54, 1.807) is 7.11 Å². The zero-order chi connectivity index (χ0) is 20.1. The SMILES string of the molecule is COc1cccc(Nc2ncc(C(=O)Nc3ccc(N4CCCC4)cc3)cn2)c1. The molecule has 3 aromatic rings. The summed E-state index contributed by atoms with van der Waals surface area (Å²) >= 11 is 0. The van der Waals surface area contributed by atoms with E-state index < -0.39 is 0 Å². The van der Waals surface area contributed by atoms with Gasteiger partial charge in [-0.15, -0.1) is 0 Å². The van der Waals surface area contributed by atoms with E-state index in [-0.39, 0.29) is 5.91 Å². The second kappa shape index (κ2) is 8.60. The predicted molar refractivity (Wildman–Crippen MR) is 114 cm³/mol. The summed E-state index contributed by atoms with van der Waals surface area (Å²) in [7, 11) is 1.61. The molecule has 1 amide bonds. The third-order valence-corrected chi connectivity index (χ3v) is 4.84. The highest BCUT2D eigenvalue weighted by Gasteiger charge is 2.13. The number of hydrogen-bond donors (Lipinski definition) is 2. The lowest BCUT2D eigenvalue weighted by molar-refractivity contribution is 0.102. The monoisotopic (exact) mass is 389 g/mol. The van der Waals surface area contributed by atoms with Crippen molar-refractivity contribution in [1.82, 2.24) is 9.97 Å². The summed E-state index contributed by atoms with van der Waals surface area (Å²) in [5.41, 5.74) is 3.14. The lowest BCUT2D eigenvalue weighted by Gasteiger charge is -2.17. The van der Waals surface area contributed by atoms with Crippen molar-refractivity contribution in [2.75, 3.05) is 35.7 Å². The lowest BCUT2D eigenvalue weighted by atomic mass is 10.2. The average Bonchev–Trinajstić information content (AvgIpc) is 3.30. The molecule has 1 saturated heterocycles. The van der Waals surface area contributed by atoms with Crippen molar-refractivity contribution >= 4 is 28.9 Å². The first kappa shape index (κ1) is 18.7. The molecule has 0 aliphatic carbocycles. The molecule has 0 radical (unpaired) electrons. The summed E-state index contributed by atoms with van der Waals surface area (Å²) in [6, 6.07) is 15.4. The van der Waals surface area contributed by atoms with Crippen LogP contribution in [0.5, 0.6) is 5.75 Å². The highest BCUT2D eigenvalue weighted by Crippen LogP contribution is 2.22. The Balaban J connectivity index is 1.37. The fourth-order valence-electron chi connectivity index (χ4n) is 3.27. The predicted octanol–water partition coefficient (Wildman–Crippen LogP) is 4.08. The van der Waals surface area contributed by atoms with Gasteiger partial charge in [0.15, 0.2) is 0 Å². The Kier molecular flexibility index (Phi) is 5.56. The van der Waals surface area contributed by atoms with Gasteiger partial charge in [0.2, 0.25) is 5.95 Å². The number of hydrogen-bond acceptors (Lipinski definition) is 6. The molecule has 1 aliphatic heterocycles. The van der Waals surface area contributed by atoms with E-state index in [0.29, 0.717) is 11.5 Å². The first-order chi connectivity index (χ1) is 14.2. The van der Waals surface area contributed by atoms with Crippen LogP contribution in [0.4, 0.5) is 23.0 Å². The van der Waals surface area contributed by atoms with Gasteiger partial charge in [-0.05, 0) is 49.2 Å². The minimum absolute atomic E-state index is 0.244. The molecule has 7 heteroatoms. The van der Waals surface area contributed by atoms with E-state index in [0.717, 1.165) is 30.2 Å². The summed E-state index contributed by atoms with van der Waals surface area (Å²) < 4.78 is 5.20. The van der Waals surface area contributed by atoms with Gasteiger partial charge in [-0.1, -0.05) is 6.07 Å². The standard InChI is InChI=1S/C22H23N5O2/c1-29-20-6-4-5-18(13-20)26-22-23-14-16(15-24-22)21(28)25-17-7-9-19(10-8-17)27-11-2-3-12-27/h4-10,13-15H,2-3,11-12H2,1H3,(H,25,28)(H,23,24,26). The maximum atomic E-state index is 12.5. The van der Waals surface area contributed by atoms with Gasteiger partial charge in [-0.25, -0.2) is 9.97 Å². The molecule has 1 aromatic heterocycles. The Bertz CT molecular complexity index is 967. The normalized spacial score (nSPS) is 13.2. The summed E-state index contributed by atoms with van der Waals surface area (Å²) in [6.07, 6.45) is 5.48. The van der Waals surface area contributed by atoms with E-state index in [1.165, 1.54) is 30.9 Å². The van der Waals surface area contributed by atoms with Gasteiger partial charge in [-0.2, -0.15) is 0 Å². The van der Waals surface area contributed by atoms with Gasteiger partial charge >= 0.3 is 0 Å². The van der Waals surface area contributed by atoms with Crippen molar-refractivity contribution in [3.63, 3.8) is 0 Å². The van der Waals surface area contributed by atoms with Gasteiger partial charge in [-0.3, -0.25) is 4.79 Å². The molecule has 4 rings (SSSR count). The number of benzene rings is 2. The quantitative estimate of drug-likeness (QED) is 0.661. The number of amides is 1. The van der Waals surface area contributed by atoms with Crippen LogP contribution in [0, 0.1) is 0 Å². The summed E-state index contributed by atoms with van der Waals surface area (Å²) in [4.78, 5) is 23.3. The summed E-state index contributed by atoms with van der Waals surface area (Å²) in [5, 5.41) is 5.97. The van der Waals surface area contributed by atoms with Crippen LogP contribution >= 0.6 is 0 Å². The zero-order valence-electron chi connectivity index (χ0n) is 16.3. The van der Waals surface area contributed by atoms with Crippen LogP contribution in [0.3, 0.4) is 0 Å². The van der Waals surface area contributed by atoms with Crippen molar-refractivity contribution in [3.8, 4) is 5.75 Å². The van der Waals surface area contributed by atoms with Crippen LogP contribution in [0.15, 0.2) is 60.9 Å². The number of carbonyl (C=O) groups is 1. The molecule has 0 bridgehead atoms. The molecule has 0 atom stereocenters. The Hall–Kier alpha value is -3.61. The number of rotatable bonds is 6. The van der Waals surface area contributed by atoms with Crippen molar-refractivity contribution in [2.24, 2.45) is 0 Å². The molecule has 2 N–H and O–H groups in total. The molecule has 0 spiro atoms. The van der Waals surface area contributed by atoms with E-state index in [4.69, 9.17) is 4.74 Å². The van der Waals surface area contributed by atoms with Crippen LogP contribution in [0.2, 0.25) is 0 Å². The van der Waals surface area contributed by atoms with E-state index >= 15 is 0 Å². The van der Waals surface area contributed by atoms with E-state index in [1.807, 2.05) is 48.5 Å². The third kappa shape index (κ3) is 4.63. The first-order valence-corrected chi connectivity index (χ1v) is 9.61. The topological polar surface area (TPSA) is 79.4 Å². The van der Waals surface area contributed by atoms with Crippen molar-refractivity contribution in [1.29, 1.82) is 0 Å². The minimum Gasteiger partial charge on any atom is -0.497 e. The van der Waals surface area contributed by atoms with Crippen LogP contribution in [0.25, 0.3) is 0 Å². The molecule has 29 heavy (non-hydrogen) atoms. The van der Waals surface area contributed by atoms with Gasteiger partial charge in [0.25, 0.3) is 5.91 Å². The van der Waals surface area contributed by atoms with Crippen molar-refractivity contribution < 1.29 is 9.53 Å². The fourth-order valence-corrected chi connectivity index (χ4v) is 3.27. The second-order valence-corrected chi connectivity index (χ2v) is 6.85. The van der Waals surface area contributed by atoms with Crippen LogP contribution in [0.1, 0.15) is 23.2 Å². The maximum absolute atomic E-state index is 12.5. The summed E-state index contributed by atoms with van der Waals surface area (Å²) in [5.74, 6) is 0.901. The number of methoxy groups -OCH3 is 1. The van der Waals surface area contributed by atoms with Crippen LogP contribution < -0.4 is 20.3 Å². The number of nitrogens with zero attached hydrogens (tertiary/aromatic N) is 3.